The van der Waals surface area contributed by atoms with Crippen LogP contribution in [0.4, 0.5) is 11.4 Å². The highest BCUT2D eigenvalue weighted by Gasteiger charge is 2.22. The van der Waals surface area contributed by atoms with Crippen molar-refractivity contribution in [3.8, 4) is 0 Å². The summed E-state index contributed by atoms with van der Waals surface area (Å²) in [4.78, 5) is 14.3. The van der Waals surface area contributed by atoms with Crippen molar-refractivity contribution in [3.05, 3.63) is 58.6 Å². The summed E-state index contributed by atoms with van der Waals surface area (Å²) in [5, 5.41) is 20.0. The Kier molecular flexibility index (Phi) is 8.30. The fourth-order valence-electron chi connectivity index (χ4n) is 3.61. The zero-order valence-electron chi connectivity index (χ0n) is 17.3. The van der Waals surface area contributed by atoms with Gasteiger partial charge in [-0.15, -0.1) is 11.8 Å². The smallest absolute Gasteiger partial charge is 0.293 e. The van der Waals surface area contributed by atoms with Gasteiger partial charge in [-0.1, -0.05) is 24.6 Å². The number of nitrogens with two attached hydrogens (primary N) is 1. The molecule has 3 rings (SSSR count). The average molecular weight is 465 g/mol. The van der Waals surface area contributed by atoms with E-state index in [2.05, 4.69) is 10.2 Å². The van der Waals surface area contributed by atoms with Crippen LogP contribution >= 0.6 is 11.8 Å². The molecule has 0 amide bonds. The molecule has 1 heterocycles. The molecule has 2 aromatic rings. The van der Waals surface area contributed by atoms with Crippen molar-refractivity contribution in [1.29, 1.82) is 0 Å². The van der Waals surface area contributed by atoms with Crippen molar-refractivity contribution in [2.24, 2.45) is 5.14 Å². The van der Waals surface area contributed by atoms with Crippen molar-refractivity contribution < 1.29 is 13.3 Å². The van der Waals surface area contributed by atoms with Crippen molar-refractivity contribution in [2.45, 2.75) is 41.5 Å². The Balaban J connectivity index is 1.76. The number of primary sulfonamides is 1. The topological polar surface area (TPSA) is 119 Å². The van der Waals surface area contributed by atoms with Crippen molar-refractivity contribution in [2.75, 3.05) is 30.7 Å². The van der Waals surface area contributed by atoms with Crippen molar-refractivity contribution >= 4 is 33.2 Å². The molecule has 3 N–H and O–H groups in total. The van der Waals surface area contributed by atoms with Gasteiger partial charge in [-0.3, -0.25) is 10.1 Å². The van der Waals surface area contributed by atoms with E-state index in [-0.39, 0.29) is 16.6 Å². The molecule has 2 aromatic carbocycles. The number of likely N-dealkylation sites (tertiary alicyclic amines) is 1. The first kappa shape index (κ1) is 23.5. The Bertz CT molecular complexity index is 980. The first-order valence-electron chi connectivity index (χ1n) is 10.3. The summed E-state index contributed by atoms with van der Waals surface area (Å²) >= 11 is 1.69. The third-order valence-electron chi connectivity index (χ3n) is 5.29. The van der Waals surface area contributed by atoms with Gasteiger partial charge in [0.15, 0.2) is 0 Å². The summed E-state index contributed by atoms with van der Waals surface area (Å²) in [5.74, 6) is 0.728. The summed E-state index contributed by atoms with van der Waals surface area (Å²) in [7, 11) is -4.02. The third kappa shape index (κ3) is 7.20. The van der Waals surface area contributed by atoms with Crippen molar-refractivity contribution in [1.82, 2.24) is 4.90 Å². The van der Waals surface area contributed by atoms with Crippen LogP contribution in [-0.4, -0.2) is 49.7 Å². The highest BCUT2D eigenvalue weighted by Crippen LogP contribution is 2.29. The molecule has 0 bridgehead atoms. The maximum Gasteiger partial charge on any atom is 0.293 e. The van der Waals surface area contributed by atoms with Gasteiger partial charge in [-0.2, -0.15) is 0 Å². The normalized spacial score (nSPS) is 16.0. The Morgan fingerprint density at radius 2 is 1.84 bits per heavy atom. The van der Waals surface area contributed by atoms with E-state index in [1.54, 1.807) is 11.8 Å². The molecule has 1 saturated heterocycles. The van der Waals surface area contributed by atoms with Gasteiger partial charge in [0.2, 0.25) is 10.0 Å². The number of hydrogen-bond acceptors (Lipinski definition) is 7. The zero-order chi connectivity index (χ0) is 22.3. The molecule has 1 aliphatic rings. The van der Waals surface area contributed by atoms with E-state index < -0.39 is 14.9 Å². The lowest BCUT2D eigenvalue weighted by atomic mass is 10.1. The van der Waals surface area contributed by atoms with Crippen LogP contribution in [-0.2, 0) is 10.0 Å². The standard InChI is InChI=1S/C21H28N4O4S2/c22-31(28,29)19-9-10-20(21(15-19)25(26)27)23-17(11-14-24-12-5-2-6-13-24)16-30-18-7-3-1-4-8-18/h1,3-4,7-10,15,17,23H,2,5-6,11-14,16H2,(H2,22,28,29)/t17-/m1/s1. The molecule has 0 saturated carbocycles. The molecule has 0 radical (unpaired) electrons. The van der Waals surface area contributed by atoms with Crippen LogP contribution in [0, 0.1) is 10.1 Å². The second kappa shape index (κ2) is 10.9. The third-order valence-corrected chi connectivity index (χ3v) is 7.38. The monoisotopic (exact) mass is 464 g/mol. The molecule has 1 atom stereocenters. The summed E-state index contributed by atoms with van der Waals surface area (Å²) in [6.45, 7) is 3.08. The highest BCUT2D eigenvalue weighted by molar-refractivity contribution is 7.99. The lowest BCUT2D eigenvalue weighted by Crippen LogP contribution is -2.34. The molecular formula is C21H28N4O4S2. The van der Waals surface area contributed by atoms with Gasteiger partial charge in [-0.05, 0) is 56.6 Å². The molecule has 168 valence electrons. The van der Waals surface area contributed by atoms with E-state index >= 15 is 0 Å². The van der Waals surface area contributed by atoms with Gasteiger partial charge in [0, 0.05) is 29.3 Å². The largest absolute Gasteiger partial charge is 0.376 e. The molecule has 8 nitrogen and oxygen atoms in total. The van der Waals surface area contributed by atoms with Crippen LogP contribution < -0.4 is 10.5 Å². The number of piperidine rings is 1. The Labute approximate surface area is 187 Å². The van der Waals surface area contributed by atoms with Gasteiger partial charge in [0.05, 0.1) is 9.82 Å². The number of nitro groups is 1. The fourth-order valence-corrected chi connectivity index (χ4v) is 5.14. The number of thioether (sulfide) groups is 1. The molecular weight excluding hydrogens is 436 g/mol. The highest BCUT2D eigenvalue weighted by atomic mass is 32.2. The Hall–Kier alpha value is -2.14. The lowest BCUT2D eigenvalue weighted by molar-refractivity contribution is -0.384. The van der Waals surface area contributed by atoms with E-state index in [1.807, 2.05) is 30.3 Å². The predicted molar refractivity (Wildman–Crippen MR) is 124 cm³/mol. The summed E-state index contributed by atoms with van der Waals surface area (Å²) < 4.78 is 23.2. The quantitative estimate of drug-likeness (QED) is 0.313. The molecule has 1 fully saturated rings. The zero-order valence-corrected chi connectivity index (χ0v) is 18.9. The van der Waals surface area contributed by atoms with Crippen LogP contribution in [0.25, 0.3) is 0 Å². The summed E-state index contributed by atoms with van der Waals surface area (Å²) in [6.07, 6.45) is 4.51. The van der Waals surface area contributed by atoms with Crippen LogP contribution in [0.15, 0.2) is 58.3 Å². The van der Waals surface area contributed by atoms with Crippen molar-refractivity contribution in [3.63, 3.8) is 0 Å². The Morgan fingerprint density at radius 3 is 2.48 bits per heavy atom. The number of nitrogens with one attached hydrogen (secondary N) is 1. The molecule has 0 aliphatic carbocycles. The summed E-state index contributed by atoms with van der Waals surface area (Å²) in [6, 6.07) is 13.7. The molecule has 0 spiro atoms. The van der Waals surface area contributed by atoms with Gasteiger partial charge in [-0.25, -0.2) is 13.6 Å². The van der Waals surface area contributed by atoms with Gasteiger partial charge in [0.25, 0.3) is 5.69 Å². The second-order valence-corrected chi connectivity index (χ2v) is 10.3. The van der Waals surface area contributed by atoms with E-state index in [0.717, 1.165) is 42.8 Å². The van der Waals surface area contributed by atoms with Gasteiger partial charge in [0.1, 0.15) is 5.69 Å². The number of sulfonamides is 1. The van der Waals surface area contributed by atoms with Crippen LogP contribution in [0.2, 0.25) is 0 Å². The maximum atomic E-state index is 11.6. The van der Waals surface area contributed by atoms with Crippen LogP contribution in [0.3, 0.4) is 0 Å². The number of rotatable bonds is 10. The van der Waals surface area contributed by atoms with Gasteiger partial charge < -0.3 is 10.2 Å². The van der Waals surface area contributed by atoms with E-state index in [1.165, 1.54) is 31.4 Å². The van der Waals surface area contributed by atoms with Crippen LogP contribution in [0.1, 0.15) is 25.7 Å². The van der Waals surface area contributed by atoms with Crippen LogP contribution in [0.5, 0.6) is 0 Å². The SMILES string of the molecule is NS(=O)(=O)c1ccc(N[C@H](CCN2CCCCC2)CSc2ccccc2)c([N+](=O)[O-])c1. The first-order valence-corrected chi connectivity index (χ1v) is 12.8. The molecule has 0 aromatic heterocycles. The maximum absolute atomic E-state index is 11.6. The second-order valence-electron chi connectivity index (χ2n) is 7.64. The number of hydrogen-bond donors (Lipinski definition) is 2. The Morgan fingerprint density at radius 1 is 1.13 bits per heavy atom. The minimum atomic E-state index is -4.02. The fraction of sp³-hybridized carbons (Fsp3) is 0.429. The van der Waals surface area contributed by atoms with E-state index in [4.69, 9.17) is 5.14 Å². The van der Waals surface area contributed by atoms with Gasteiger partial charge >= 0.3 is 0 Å². The number of nitrogens with zero attached hydrogens (tertiary/aromatic N) is 2. The number of benzene rings is 2. The number of anilines is 1. The molecule has 10 heteroatoms. The average Bonchev–Trinajstić information content (AvgIpc) is 2.76. The lowest BCUT2D eigenvalue weighted by Gasteiger charge is -2.29. The molecule has 1 aliphatic heterocycles. The summed E-state index contributed by atoms with van der Waals surface area (Å²) in [5.41, 5.74) is 0.00825. The predicted octanol–water partition coefficient (Wildman–Crippen LogP) is 3.69. The van der Waals surface area contributed by atoms with E-state index in [9.17, 15) is 18.5 Å². The first-order chi connectivity index (χ1) is 14.8. The minimum absolute atomic E-state index is 0.0221. The number of nitro benzene ring substituents is 1. The minimum Gasteiger partial charge on any atom is -0.376 e. The van der Waals surface area contributed by atoms with E-state index in [0.29, 0.717) is 5.69 Å². The molecule has 0 unspecified atom stereocenters. The molecule has 31 heavy (non-hydrogen) atoms.